The molecule has 1 aromatic carbocycles. The minimum absolute atomic E-state index is 0.313. The summed E-state index contributed by atoms with van der Waals surface area (Å²) < 4.78 is 37.5. The van der Waals surface area contributed by atoms with E-state index < -0.39 is 17.8 Å². The van der Waals surface area contributed by atoms with Gasteiger partial charge in [-0.2, -0.15) is 13.2 Å². The van der Waals surface area contributed by atoms with Gasteiger partial charge in [-0.15, -0.1) is 0 Å². The predicted molar refractivity (Wildman–Crippen MR) is 68.8 cm³/mol. The van der Waals surface area contributed by atoms with Gasteiger partial charge in [0.15, 0.2) is 0 Å². The van der Waals surface area contributed by atoms with Gasteiger partial charge in [0.2, 0.25) is 0 Å². The molecule has 108 valence electrons. The number of rotatable bonds is 1. The molecule has 0 aliphatic carbocycles. The maximum atomic E-state index is 12.5. The highest BCUT2D eigenvalue weighted by molar-refractivity contribution is 5.52. The van der Waals surface area contributed by atoms with E-state index in [0.717, 1.165) is 43.8 Å². The van der Waals surface area contributed by atoms with Crippen LogP contribution in [0.1, 0.15) is 24.0 Å². The number of hydrogen-bond donors (Lipinski definition) is 2. The van der Waals surface area contributed by atoms with Crippen LogP contribution in [-0.4, -0.2) is 24.3 Å². The molecule has 5 heteroatoms. The summed E-state index contributed by atoms with van der Waals surface area (Å²) in [6.07, 6.45) is -0.855. The summed E-state index contributed by atoms with van der Waals surface area (Å²) >= 11 is 0. The quantitative estimate of drug-likeness (QED) is 0.806. The van der Waals surface area contributed by atoms with Gasteiger partial charge in [-0.25, -0.2) is 0 Å². The van der Waals surface area contributed by atoms with Gasteiger partial charge in [-0.05, 0) is 17.7 Å². The van der Waals surface area contributed by atoms with Crippen molar-refractivity contribution in [1.82, 2.24) is 0 Å². The normalized spacial score (nSPS) is 31.8. The Morgan fingerprint density at radius 2 is 1.70 bits per heavy atom. The van der Waals surface area contributed by atoms with E-state index in [0.29, 0.717) is 11.5 Å². The second kappa shape index (κ2) is 4.90. The van der Waals surface area contributed by atoms with Crippen LogP contribution in [0.4, 0.5) is 13.2 Å². The van der Waals surface area contributed by atoms with Gasteiger partial charge >= 0.3 is 6.18 Å². The number of fused-ring (bicyclic) bond motifs is 3. The average Bonchev–Trinajstić information content (AvgIpc) is 2.43. The third-order valence-electron chi connectivity index (χ3n) is 4.37. The Morgan fingerprint density at radius 3 is 2.20 bits per heavy atom. The SMILES string of the molecule is O[C@@H]1/C(=C\c2ccc(C(F)(F)F)cc2)[NH+]2CCC1CC2. The highest BCUT2D eigenvalue weighted by atomic mass is 19.4. The molecule has 20 heavy (non-hydrogen) atoms. The van der Waals surface area contributed by atoms with Gasteiger partial charge in [0.05, 0.1) is 18.7 Å². The van der Waals surface area contributed by atoms with E-state index in [2.05, 4.69) is 0 Å². The molecule has 2 bridgehead atoms. The molecule has 0 amide bonds. The van der Waals surface area contributed by atoms with Crippen LogP contribution in [0.15, 0.2) is 30.0 Å². The number of hydrogen-bond acceptors (Lipinski definition) is 1. The minimum atomic E-state index is -4.30. The summed E-state index contributed by atoms with van der Waals surface area (Å²) in [5, 5.41) is 10.2. The Balaban J connectivity index is 1.85. The molecule has 3 aliphatic rings. The van der Waals surface area contributed by atoms with Crippen LogP contribution in [0.2, 0.25) is 0 Å². The first-order chi connectivity index (χ1) is 9.45. The van der Waals surface area contributed by atoms with Crippen LogP contribution in [0.3, 0.4) is 0 Å². The topological polar surface area (TPSA) is 24.7 Å². The minimum Gasteiger partial charge on any atom is -0.383 e. The molecule has 0 saturated carbocycles. The number of halogens is 3. The molecule has 3 saturated heterocycles. The van der Waals surface area contributed by atoms with E-state index in [1.54, 1.807) is 0 Å². The summed E-state index contributed by atoms with van der Waals surface area (Å²) in [6, 6.07) is 5.10. The smallest absolute Gasteiger partial charge is 0.383 e. The lowest BCUT2D eigenvalue weighted by molar-refractivity contribution is -0.880. The van der Waals surface area contributed by atoms with E-state index in [9.17, 15) is 18.3 Å². The zero-order chi connectivity index (χ0) is 14.3. The molecule has 3 heterocycles. The van der Waals surface area contributed by atoms with Gasteiger partial charge in [0, 0.05) is 24.8 Å². The van der Waals surface area contributed by atoms with Crippen molar-refractivity contribution in [3.05, 3.63) is 41.1 Å². The Morgan fingerprint density at radius 1 is 1.10 bits per heavy atom. The van der Waals surface area contributed by atoms with Gasteiger partial charge in [-0.3, -0.25) is 0 Å². The Labute approximate surface area is 115 Å². The summed E-state index contributed by atoms with van der Waals surface area (Å²) in [5.74, 6) is 0.313. The number of aliphatic hydroxyl groups excluding tert-OH is 1. The number of alkyl halides is 3. The van der Waals surface area contributed by atoms with Crippen molar-refractivity contribution in [2.24, 2.45) is 5.92 Å². The molecule has 2 N–H and O–H groups in total. The maximum Gasteiger partial charge on any atom is 0.416 e. The molecule has 0 spiro atoms. The zero-order valence-corrected chi connectivity index (χ0v) is 11.0. The first kappa shape index (κ1) is 13.6. The summed E-state index contributed by atoms with van der Waals surface area (Å²) in [4.78, 5) is 1.26. The van der Waals surface area contributed by atoms with Crippen LogP contribution in [0.5, 0.6) is 0 Å². The van der Waals surface area contributed by atoms with E-state index >= 15 is 0 Å². The van der Waals surface area contributed by atoms with E-state index in [1.165, 1.54) is 17.0 Å². The monoisotopic (exact) mass is 284 g/mol. The lowest BCUT2D eigenvalue weighted by Crippen LogP contribution is -3.14. The fourth-order valence-corrected chi connectivity index (χ4v) is 3.19. The molecule has 3 fully saturated rings. The Bertz CT molecular complexity index is 509. The standard InChI is InChI=1S/C15H16F3NO/c16-15(17,18)12-3-1-10(2-4-12)9-13-14(20)11-5-7-19(13)8-6-11/h1-4,9,11,14,20H,5-8H2/p+1/b13-9+/t14-/m0/s1. The molecule has 4 rings (SSSR count). The van der Waals surface area contributed by atoms with E-state index in [1.807, 2.05) is 6.08 Å². The predicted octanol–water partition coefficient (Wildman–Crippen LogP) is 1.72. The highest BCUT2D eigenvalue weighted by Crippen LogP contribution is 2.30. The lowest BCUT2D eigenvalue weighted by atomic mass is 9.83. The van der Waals surface area contributed by atoms with Crippen LogP contribution in [-0.2, 0) is 6.18 Å². The lowest BCUT2D eigenvalue weighted by Gasteiger charge is -2.41. The summed E-state index contributed by atoms with van der Waals surface area (Å²) in [5.41, 5.74) is 0.998. The summed E-state index contributed by atoms with van der Waals surface area (Å²) in [6.45, 7) is 2.02. The van der Waals surface area contributed by atoms with Gasteiger partial charge < -0.3 is 10.0 Å². The number of aliphatic hydroxyl groups is 1. The largest absolute Gasteiger partial charge is 0.416 e. The molecule has 0 aromatic heterocycles. The Hall–Kier alpha value is -1.33. The molecule has 3 aliphatic heterocycles. The van der Waals surface area contributed by atoms with Crippen molar-refractivity contribution >= 4 is 6.08 Å². The van der Waals surface area contributed by atoms with Gasteiger partial charge in [-0.1, -0.05) is 12.1 Å². The average molecular weight is 284 g/mol. The second-order valence-corrected chi connectivity index (χ2v) is 5.61. The van der Waals surface area contributed by atoms with Crippen LogP contribution in [0, 0.1) is 5.92 Å². The maximum absolute atomic E-state index is 12.5. The van der Waals surface area contributed by atoms with Crippen molar-refractivity contribution in [2.75, 3.05) is 13.1 Å². The molecular formula is C15H17F3NO+. The molecule has 2 nitrogen and oxygen atoms in total. The van der Waals surface area contributed by atoms with Crippen molar-refractivity contribution in [1.29, 1.82) is 0 Å². The Kier molecular flexibility index (Phi) is 3.34. The zero-order valence-electron chi connectivity index (χ0n) is 11.0. The third-order valence-corrected chi connectivity index (χ3v) is 4.37. The number of piperidine rings is 3. The number of nitrogens with one attached hydrogen (secondary N) is 1. The molecule has 0 unspecified atom stereocenters. The van der Waals surface area contributed by atoms with Gasteiger partial charge in [0.1, 0.15) is 11.8 Å². The highest BCUT2D eigenvalue weighted by Gasteiger charge is 2.41. The van der Waals surface area contributed by atoms with Crippen molar-refractivity contribution in [3.8, 4) is 0 Å². The van der Waals surface area contributed by atoms with Crippen molar-refractivity contribution in [3.63, 3.8) is 0 Å². The molecule has 0 radical (unpaired) electrons. The number of quaternary nitrogens is 1. The first-order valence-corrected chi connectivity index (χ1v) is 6.87. The molecular weight excluding hydrogens is 267 g/mol. The fraction of sp³-hybridized carbons (Fsp3) is 0.467. The van der Waals surface area contributed by atoms with Crippen LogP contribution in [0.25, 0.3) is 6.08 Å². The summed E-state index contributed by atoms with van der Waals surface area (Å²) in [7, 11) is 0. The van der Waals surface area contributed by atoms with Crippen LogP contribution >= 0.6 is 0 Å². The van der Waals surface area contributed by atoms with E-state index in [4.69, 9.17) is 0 Å². The van der Waals surface area contributed by atoms with Crippen LogP contribution < -0.4 is 4.90 Å². The fourth-order valence-electron chi connectivity index (χ4n) is 3.19. The molecule has 1 aromatic rings. The third kappa shape index (κ3) is 2.47. The van der Waals surface area contributed by atoms with Crippen molar-refractivity contribution < 1.29 is 23.2 Å². The first-order valence-electron chi connectivity index (χ1n) is 6.87. The van der Waals surface area contributed by atoms with Gasteiger partial charge in [0.25, 0.3) is 0 Å². The van der Waals surface area contributed by atoms with E-state index in [-0.39, 0.29) is 0 Å². The number of benzene rings is 1. The van der Waals surface area contributed by atoms with Crippen molar-refractivity contribution in [2.45, 2.75) is 25.1 Å². The molecule has 1 atom stereocenters. The second-order valence-electron chi connectivity index (χ2n) is 5.61.